The Kier molecular flexibility index (Phi) is 3.19. The third-order valence-electron chi connectivity index (χ3n) is 2.55. The first-order valence-electron chi connectivity index (χ1n) is 5.82. The van der Waals surface area contributed by atoms with Gasteiger partial charge in [0.25, 0.3) is 11.9 Å². The Morgan fingerprint density at radius 2 is 1.80 bits per heavy atom. The van der Waals surface area contributed by atoms with E-state index in [1.54, 1.807) is 30.4 Å². The van der Waals surface area contributed by atoms with Crippen molar-refractivity contribution in [3.05, 3.63) is 43.0 Å². The minimum absolute atomic E-state index is 0.319. The Morgan fingerprint density at radius 1 is 1.05 bits per heavy atom. The first kappa shape index (κ1) is 12.0. The van der Waals surface area contributed by atoms with Gasteiger partial charge in [0.2, 0.25) is 0 Å². The number of rotatable bonds is 4. The van der Waals surface area contributed by atoms with Crippen LogP contribution in [0.25, 0.3) is 5.95 Å². The molecule has 0 amide bonds. The van der Waals surface area contributed by atoms with Gasteiger partial charge in [0.1, 0.15) is 12.1 Å². The summed E-state index contributed by atoms with van der Waals surface area (Å²) in [6, 6.07) is 7.38. The summed E-state index contributed by atoms with van der Waals surface area (Å²) in [4.78, 5) is 3.90. The van der Waals surface area contributed by atoms with Crippen LogP contribution < -0.4 is 10.1 Å². The van der Waals surface area contributed by atoms with E-state index < -0.39 is 0 Å². The maximum absolute atomic E-state index is 5.08. The zero-order chi connectivity index (χ0) is 13.8. The Hall–Kier alpha value is -3.03. The van der Waals surface area contributed by atoms with Crippen LogP contribution in [0.1, 0.15) is 0 Å². The molecule has 8 nitrogen and oxygen atoms in total. The first-order chi connectivity index (χ1) is 9.85. The third kappa shape index (κ3) is 2.53. The second-order valence-corrected chi connectivity index (χ2v) is 3.85. The lowest BCUT2D eigenvalue weighted by Crippen LogP contribution is -2.06. The van der Waals surface area contributed by atoms with E-state index >= 15 is 0 Å². The van der Waals surface area contributed by atoms with Gasteiger partial charge in [0.05, 0.1) is 7.11 Å². The number of nitrogens with zero attached hydrogens (tertiary/aromatic N) is 6. The Bertz CT molecular complexity index is 664. The topological polar surface area (TPSA) is 90.6 Å². The average molecular weight is 269 g/mol. The number of benzene rings is 1. The van der Waals surface area contributed by atoms with Crippen molar-refractivity contribution in [2.45, 2.75) is 0 Å². The molecule has 0 aliphatic rings. The van der Waals surface area contributed by atoms with Crippen LogP contribution >= 0.6 is 0 Å². The maximum Gasteiger partial charge on any atom is 0.274 e. The SMILES string of the molecule is COc1ccc(Nc2nnc(-n3ccnc3)nn2)cc1. The predicted octanol–water partition coefficient (Wildman–Crippen LogP) is 1.20. The summed E-state index contributed by atoms with van der Waals surface area (Å²) in [7, 11) is 1.62. The number of aromatic nitrogens is 6. The van der Waals surface area contributed by atoms with Crippen molar-refractivity contribution in [3.63, 3.8) is 0 Å². The number of anilines is 2. The molecule has 3 aromatic rings. The number of hydrogen-bond acceptors (Lipinski definition) is 7. The Balaban J connectivity index is 1.74. The zero-order valence-electron chi connectivity index (χ0n) is 10.6. The highest BCUT2D eigenvalue weighted by Crippen LogP contribution is 2.17. The summed E-state index contributed by atoms with van der Waals surface area (Å²) in [5, 5.41) is 18.8. The summed E-state index contributed by atoms with van der Waals surface area (Å²) in [6.45, 7) is 0. The molecular weight excluding hydrogens is 258 g/mol. The minimum atomic E-state index is 0.319. The van der Waals surface area contributed by atoms with E-state index in [1.807, 2.05) is 24.3 Å². The van der Waals surface area contributed by atoms with Crippen LogP contribution in [0, 0.1) is 0 Å². The van der Waals surface area contributed by atoms with Crippen molar-refractivity contribution in [2.75, 3.05) is 12.4 Å². The molecule has 0 saturated carbocycles. The molecule has 3 rings (SSSR count). The standard InChI is InChI=1S/C12H11N7O/c1-20-10-4-2-9(3-5-10)14-11-15-17-12(18-16-11)19-7-6-13-8-19/h2-8H,1H3,(H,14,15,16). The van der Waals surface area contributed by atoms with E-state index in [2.05, 4.69) is 30.7 Å². The van der Waals surface area contributed by atoms with Gasteiger partial charge in [-0.05, 0) is 24.3 Å². The molecule has 1 aromatic carbocycles. The van der Waals surface area contributed by atoms with Crippen LogP contribution in [0.15, 0.2) is 43.0 Å². The molecule has 0 unspecified atom stereocenters. The van der Waals surface area contributed by atoms with Crippen LogP contribution in [0.2, 0.25) is 0 Å². The predicted molar refractivity (Wildman–Crippen MR) is 71.0 cm³/mol. The zero-order valence-corrected chi connectivity index (χ0v) is 10.6. The Labute approximate surface area is 114 Å². The molecule has 0 radical (unpaired) electrons. The molecule has 0 bridgehead atoms. The quantitative estimate of drug-likeness (QED) is 0.761. The van der Waals surface area contributed by atoms with Gasteiger partial charge in [-0.15, -0.1) is 20.4 Å². The van der Waals surface area contributed by atoms with Crippen molar-refractivity contribution in [2.24, 2.45) is 0 Å². The fourth-order valence-corrected chi connectivity index (χ4v) is 1.56. The largest absolute Gasteiger partial charge is 0.497 e. The van der Waals surface area contributed by atoms with Crippen molar-refractivity contribution in [1.82, 2.24) is 29.9 Å². The van der Waals surface area contributed by atoms with E-state index in [0.29, 0.717) is 11.9 Å². The summed E-state index contributed by atoms with van der Waals surface area (Å²) >= 11 is 0. The van der Waals surface area contributed by atoms with E-state index in [0.717, 1.165) is 11.4 Å². The normalized spacial score (nSPS) is 10.2. The second-order valence-electron chi connectivity index (χ2n) is 3.85. The smallest absolute Gasteiger partial charge is 0.274 e. The highest BCUT2D eigenvalue weighted by molar-refractivity contribution is 5.53. The molecule has 0 aliphatic heterocycles. The fraction of sp³-hybridized carbons (Fsp3) is 0.0833. The molecule has 0 fully saturated rings. The van der Waals surface area contributed by atoms with Gasteiger partial charge in [0, 0.05) is 18.1 Å². The van der Waals surface area contributed by atoms with E-state index in [-0.39, 0.29) is 0 Å². The maximum atomic E-state index is 5.08. The molecule has 8 heteroatoms. The van der Waals surface area contributed by atoms with Crippen LogP contribution in [-0.4, -0.2) is 37.1 Å². The minimum Gasteiger partial charge on any atom is -0.497 e. The van der Waals surface area contributed by atoms with E-state index in [4.69, 9.17) is 4.74 Å². The fourth-order valence-electron chi connectivity index (χ4n) is 1.56. The highest BCUT2D eigenvalue weighted by atomic mass is 16.5. The lowest BCUT2D eigenvalue weighted by molar-refractivity contribution is 0.415. The van der Waals surface area contributed by atoms with Crippen LogP contribution in [-0.2, 0) is 0 Å². The number of imidazole rings is 1. The number of methoxy groups -OCH3 is 1. The number of ether oxygens (including phenoxy) is 1. The van der Waals surface area contributed by atoms with Gasteiger partial charge in [-0.3, -0.25) is 4.57 Å². The second kappa shape index (κ2) is 5.31. The molecule has 0 spiro atoms. The summed E-state index contributed by atoms with van der Waals surface area (Å²) in [5.41, 5.74) is 0.824. The summed E-state index contributed by atoms with van der Waals surface area (Å²) in [5.74, 6) is 1.46. The molecule has 2 heterocycles. The van der Waals surface area contributed by atoms with Crippen molar-refractivity contribution in [3.8, 4) is 11.7 Å². The van der Waals surface area contributed by atoms with E-state index in [9.17, 15) is 0 Å². The first-order valence-corrected chi connectivity index (χ1v) is 5.82. The molecule has 1 N–H and O–H groups in total. The van der Waals surface area contributed by atoms with Crippen LogP contribution in [0.3, 0.4) is 0 Å². The van der Waals surface area contributed by atoms with E-state index in [1.165, 1.54) is 0 Å². The molecule has 20 heavy (non-hydrogen) atoms. The number of nitrogens with one attached hydrogen (secondary N) is 1. The van der Waals surface area contributed by atoms with Gasteiger partial charge < -0.3 is 10.1 Å². The third-order valence-corrected chi connectivity index (χ3v) is 2.55. The van der Waals surface area contributed by atoms with Crippen molar-refractivity contribution in [1.29, 1.82) is 0 Å². The van der Waals surface area contributed by atoms with Crippen LogP contribution in [0.4, 0.5) is 11.6 Å². The molecule has 0 atom stereocenters. The summed E-state index contributed by atoms with van der Waals surface area (Å²) < 4.78 is 6.71. The highest BCUT2D eigenvalue weighted by Gasteiger charge is 2.03. The molecule has 2 aromatic heterocycles. The Morgan fingerprint density at radius 3 is 2.40 bits per heavy atom. The molecule has 0 saturated heterocycles. The van der Waals surface area contributed by atoms with Gasteiger partial charge in [0.15, 0.2) is 0 Å². The molecule has 0 aliphatic carbocycles. The monoisotopic (exact) mass is 269 g/mol. The van der Waals surface area contributed by atoms with Gasteiger partial charge in [-0.25, -0.2) is 4.98 Å². The lowest BCUT2D eigenvalue weighted by atomic mass is 10.3. The van der Waals surface area contributed by atoms with Crippen molar-refractivity contribution < 1.29 is 4.74 Å². The molecular formula is C12H11N7O. The molecule has 100 valence electrons. The number of hydrogen-bond donors (Lipinski definition) is 1. The van der Waals surface area contributed by atoms with Gasteiger partial charge in [-0.1, -0.05) is 0 Å². The lowest BCUT2D eigenvalue weighted by Gasteiger charge is -2.05. The van der Waals surface area contributed by atoms with Crippen molar-refractivity contribution >= 4 is 11.6 Å². The van der Waals surface area contributed by atoms with Crippen LogP contribution in [0.5, 0.6) is 5.75 Å². The summed E-state index contributed by atoms with van der Waals surface area (Å²) in [6.07, 6.45) is 4.93. The van der Waals surface area contributed by atoms with Gasteiger partial charge >= 0.3 is 0 Å². The van der Waals surface area contributed by atoms with Gasteiger partial charge in [-0.2, -0.15) is 0 Å². The average Bonchev–Trinajstić information content (AvgIpc) is 3.03.